The molecule has 0 aliphatic rings. The fourth-order valence-corrected chi connectivity index (χ4v) is 2.24. The van der Waals surface area contributed by atoms with E-state index in [2.05, 4.69) is 15.1 Å². The SMILES string of the molecule is Cc1nn(C)cc1-c1cnc(OCc2ccc(Cl)cc2)cn1. The number of nitrogens with zero attached hydrogens (tertiary/aromatic N) is 4. The van der Waals surface area contributed by atoms with Gasteiger partial charge < -0.3 is 4.74 Å². The molecule has 2 heterocycles. The van der Waals surface area contributed by atoms with Gasteiger partial charge in [-0.2, -0.15) is 5.10 Å². The zero-order valence-corrected chi connectivity index (χ0v) is 13.1. The lowest BCUT2D eigenvalue weighted by atomic mass is 10.2. The first-order chi connectivity index (χ1) is 10.6. The summed E-state index contributed by atoms with van der Waals surface area (Å²) >= 11 is 5.85. The lowest BCUT2D eigenvalue weighted by molar-refractivity contribution is 0.292. The number of halogens is 1. The van der Waals surface area contributed by atoms with Crippen LogP contribution in [0.2, 0.25) is 5.02 Å². The Morgan fingerprint density at radius 3 is 2.50 bits per heavy atom. The highest BCUT2D eigenvalue weighted by atomic mass is 35.5. The molecular formula is C16H15ClN4O. The monoisotopic (exact) mass is 314 g/mol. The van der Waals surface area contributed by atoms with Gasteiger partial charge in [-0.05, 0) is 24.6 Å². The Bertz CT molecular complexity index is 766. The van der Waals surface area contributed by atoms with Gasteiger partial charge in [-0.15, -0.1) is 0 Å². The number of benzene rings is 1. The quantitative estimate of drug-likeness (QED) is 0.740. The highest BCUT2D eigenvalue weighted by molar-refractivity contribution is 6.30. The van der Waals surface area contributed by atoms with E-state index >= 15 is 0 Å². The van der Waals surface area contributed by atoms with Crippen LogP contribution in [0.5, 0.6) is 5.88 Å². The first-order valence-corrected chi connectivity index (χ1v) is 7.19. The van der Waals surface area contributed by atoms with Gasteiger partial charge in [-0.3, -0.25) is 4.68 Å². The van der Waals surface area contributed by atoms with Crippen molar-refractivity contribution in [2.75, 3.05) is 0 Å². The molecule has 2 aromatic heterocycles. The summed E-state index contributed by atoms with van der Waals surface area (Å²) in [6, 6.07) is 7.51. The predicted molar refractivity (Wildman–Crippen MR) is 84.8 cm³/mol. The van der Waals surface area contributed by atoms with Crippen LogP contribution in [-0.4, -0.2) is 19.7 Å². The molecule has 0 unspecified atom stereocenters. The summed E-state index contributed by atoms with van der Waals surface area (Å²) in [7, 11) is 1.88. The minimum atomic E-state index is 0.428. The van der Waals surface area contributed by atoms with Crippen LogP contribution < -0.4 is 4.74 Å². The summed E-state index contributed by atoms with van der Waals surface area (Å²) in [5, 5.41) is 5.01. The molecule has 0 aliphatic carbocycles. The van der Waals surface area contributed by atoms with Gasteiger partial charge in [-0.25, -0.2) is 9.97 Å². The average Bonchev–Trinajstić information content (AvgIpc) is 2.86. The average molecular weight is 315 g/mol. The molecular weight excluding hydrogens is 300 g/mol. The van der Waals surface area contributed by atoms with E-state index in [4.69, 9.17) is 16.3 Å². The van der Waals surface area contributed by atoms with Crippen LogP contribution in [0.25, 0.3) is 11.3 Å². The van der Waals surface area contributed by atoms with Gasteiger partial charge in [0, 0.05) is 23.8 Å². The van der Waals surface area contributed by atoms with Gasteiger partial charge >= 0.3 is 0 Å². The predicted octanol–water partition coefficient (Wildman–Crippen LogP) is 3.42. The highest BCUT2D eigenvalue weighted by Crippen LogP contribution is 2.20. The van der Waals surface area contributed by atoms with Crippen molar-refractivity contribution in [3.63, 3.8) is 0 Å². The van der Waals surface area contributed by atoms with Crippen molar-refractivity contribution in [3.8, 4) is 17.1 Å². The number of aromatic nitrogens is 4. The molecule has 0 bridgehead atoms. The van der Waals surface area contributed by atoms with Crippen LogP contribution in [-0.2, 0) is 13.7 Å². The Labute approximate surface area is 133 Å². The fourth-order valence-electron chi connectivity index (χ4n) is 2.12. The highest BCUT2D eigenvalue weighted by Gasteiger charge is 2.08. The zero-order valence-electron chi connectivity index (χ0n) is 12.3. The number of ether oxygens (including phenoxy) is 1. The molecule has 112 valence electrons. The molecule has 0 atom stereocenters. The lowest BCUT2D eigenvalue weighted by Crippen LogP contribution is -1.98. The number of aryl methyl sites for hydroxylation is 2. The maximum atomic E-state index is 5.85. The van der Waals surface area contributed by atoms with Crippen molar-refractivity contribution in [2.45, 2.75) is 13.5 Å². The van der Waals surface area contributed by atoms with Crippen molar-refractivity contribution in [1.82, 2.24) is 19.7 Å². The minimum absolute atomic E-state index is 0.428. The van der Waals surface area contributed by atoms with Crippen LogP contribution in [0.1, 0.15) is 11.3 Å². The van der Waals surface area contributed by atoms with E-state index < -0.39 is 0 Å². The lowest BCUT2D eigenvalue weighted by Gasteiger charge is -2.05. The molecule has 0 radical (unpaired) electrons. The van der Waals surface area contributed by atoms with E-state index in [-0.39, 0.29) is 0 Å². The Morgan fingerprint density at radius 2 is 1.91 bits per heavy atom. The molecule has 0 N–H and O–H groups in total. The first-order valence-electron chi connectivity index (χ1n) is 6.82. The summed E-state index contributed by atoms with van der Waals surface area (Å²) in [4.78, 5) is 8.68. The summed E-state index contributed by atoms with van der Waals surface area (Å²) in [5.74, 6) is 0.486. The van der Waals surface area contributed by atoms with E-state index in [9.17, 15) is 0 Å². The summed E-state index contributed by atoms with van der Waals surface area (Å²) < 4.78 is 7.38. The number of hydrogen-bond donors (Lipinski definition) is 0. The standard InChI is InChI=1S/C16H15ClN4O/c1-11-14(9-21(2)20-11)15-7-19-16(8-18-15)22-10-12-3-5-13(17)6-4-12/h3-9H,10H2,1-2H3. The molecule has 1 aromatic carbocycles. The van der Waals surface area contributed by atoms with Crippen molar-refractivity contribution >= 4 is 11.6 Å². The van der Waals surface area contributed by atoms with E-state index in [0.29, 0.717) is 17.5 Å². The van der Waals surface area contributed by atoms with Gasteiger partial charge in [0.25, 0.3) is 0 Å². The Hall–Kier alpha value is -2.40. The first kappa shape index (κ1) is 14.5. The summed E-state index contributed by atoms with van der Waals surface area (Å²) in [5.41, 5.74) is 3.70. The van der Waals surface area contributed by atoms with Gasteiger partial charge in [0.2, 0.25) is 5.88 Å². The largest absolute Gasteiger partial charge is 0.472 e. The molecule has 0 amide bonds. The van der Waals surface area contributed by atoms with E-state index in [1.807, 2.05) is 44.4 Å². The third kappa shape index (κ3) is 3.26. The molecule has 0 spiro atoms. The van der Waals surface area contributed by atoms with Crippen LogP contribution >= 0.6 is 11.6 Å². The van der Waals surface area contributed by atoms with Gasteiger partial charge in [0.1, 0.15) is 6.61 Å². The van der Waals surface area contributed by atoms with Crippen LogP contribution in [0.3, 0.4) is 0 Å². The van der Waals surface area contributed by atoms with Crippen molar-refractivity contribution in [2.24, 2.45) is 7.05 Å². The molecule has 22 heavy (non-hydrogen) atoms. The third-order valence-electron chi connectivity index (χ3n) is 3.22. The van der Waals surface area contributed by atoms with Crippen molar-refractivity contribution in [1.29, 1.82) is 0 Å². The maximum absolute atomic E-state index is 5.85. The Kier molecular flexibility index (Phi) is 4.06. The molecule has 3 rings (SSSR count). The van der Waals surface area contributed by atoms with Crippen molar-refractivity contribution < 1.29 is 4.74 Å². The van der Waals surface area contributed by atoms with E-state index in [1.54, 1.807) is 17.1 Å². The molecule has 0 saturated heterocycles. The summed E-state index contributed by atoms with van der Waals surface area (Å²) in [6.45, 7) is 2.37. The van der Waals surface area contributed by atoms with Crippen molar-refractivity contribution in [3.05, 3.63) is 59.1 Å². The number of hydrogen-bond acceptors (Lipinski definition) is 4. The Morgan fingerprint density at radius 1 is 1.14 bits per heavy atom. The zero-order chi connectivity index (χ0) is 15.5. The van der Waals surface area contributed by atoms with E-state index in [1.165, 1.54) is 0 Å². The normalized spacial score (nSPS) is 10.7. The van der Waals surface area contributed by atoms with Crippen LogP contribution in [0.4, 0.5) is 0 Å². The molecule has 0 saturated carbocycles. The topological polar surface area (TPSA) is 52.8 Å². The minimum Gasteiger partial charge on any atom is -0.472 e. The van der Waals surface area contributed by atoms with Gasteiger partial charge in [0.15, 0.2) is 0 Å². The second-order valence-corrected chi connectivity index (χ2v) is 5.39. The summed E-state index contributed by atoms with van der Waals surface area (Å²) in [6.07, 6.45) is 5.24. The Balaban J connectivity index is 1.69. The molecule has 0 fully saturated rings. The number of rotatable bonds is 4. The molecule has 0 aliphatic heterocycles. The van der Waals surface area contributed by atoms with Crippen LogP contribution in [0, 0.1) is 6.92 Å². The second-order valence-electron chi connectivity index (χ2n) is 4.96. The fraction of sp³-hybridized carbons (Fsp3) is 0.188. The van der Waals surface area contributed by atoms with Crippen LogP contribution in [0.15, 0.2) is 42.9 Å². The molecule has 3 aromatic rings. The second kappa shape index (κ2) is 6.15. The maximum Gasteiger partial charge on any atom is 0.232 e. The molecule has 5 nitrogen and oxygen atoms in total. The third-order valence-corrected chi connectivity index (χ3v) is 3.47. The van der Waals surface area contributed by atoms with Gasteiger partial charge in [-0.1, -0.05) is 23.7 Å². The van der Waals surface area contributed by atoms with Gasteiger partial charge in [0.05, 0.1) is 23.8 Å². The smallest absolute Gasteiger partial charge is 0.232 e. The molecule has 6 heteroatoms. The van der Waals surface area contributed by atoms with E-state index in [0.717, 1.165) is 22.5 Å².